The Morgan fingerprint density at radius 2 is 1.92 bits per heavy atom. The van der Waals surface area contributed by atoms with Crippen molar-refractivity contribution >= 4 is 0 Å². The lowest BCUT2D eigenvalue weighted by Gasteiger charge is -2.20. The van der Waals surface area contributed by atoms with E-state index in [4.69, 9.17) is 14.6 Å². The fourth-order valence-corrected chi connectivity index (χ4v) is 0.836. The molecule has 0 saturated heterocycles. The molecule has 0 spiro atoms. The molecule has 0 bridgehead atoms. The minimum atomic E-state index is -0.850. The number of ether oxygens (including phenoxy) is 2. The van der Waals surface area contributed by atoms with Gasteiger partial charge in [0.2, 0.25) is 0 Å². The second-order valence-corrected chi connectivity index (χ2v) is 2.40. The standard InChI is InChI=1S/C8H18O4/c1-3-11-6-8(12-4-2)7(10)5-9/h7-10H,3-6H2,1-2H3. The predicted molar refractivity (Wildman–Crippen MR) is 45.0 cm³/mol. The highest BCUT2D eigenvalue weighted by Crippen LogP contribution is 2.00. The summed E-state index contributed by atoms with van der Waals surface area (Å²) in [5.74, 6) is 0. The summed E-state index contributed by atoms with van der Waals surface area (Å²) in [6, 6.07) is 0. The van der Waals surface area contributed by atoms with Crippen LogP contribution < -0.4 is 0 Å². The first-order valence-corrected chi connectivity index (χ1v) is 4.24. The molecule has 2 atom stereocenters. The average molecular weight is 178 g/mol. The van der Waals surface area contributed by atoms with Crippen molar-refractivity contribution in [2.75, 3.05) is 26.4 Å². The van der Waals surface area contributed by atoms with Crippen LogP contribution in [0.5, 0.6) is 0 Å². The van der Waals surface area contributed by atoms with Crippen LogP contribution in [-0.4, -0.2) is 48.8 Å². The molecule has 0 saturated carbocycles. The van der Waals surface area contributed by atoms with E-state index in [1.54, 1.807) is 0 Å². The Balaban J connectivity index is 3.68. The number of rotatable bonds is 7. The summed E-state index contributed by atoms with van der Waals surface area (Å²) < 4.78 is 10.2. The Morgan fingerprint density at radius 3 is 2.33 bits per heavy atom. The molecule has 12 heavy (non-hydrogen) atoms. The molecule has 0 aliphatic carbocycles. The summed E-state index contributed by atoms with van der Waals surface area (Å²) in [4.78, 5) is 0. The Morgan fingerprint density at radius 1 is 1.25 bits per heavy atom. The molecule has 0 heterocycles. The first-order chi connectivity index (χ1) is 5.76. The highest BCUT2D eigenvalue weighted by molar-refractivity contribution is 4.66. The third-order valence-corrected chi connectivity index (χ3v) is 1.48. The van der Waals surface area contributed by atoms with E-state index >= 15 is 0 Å². The van der Waals surface area contributed by atoms with Crippen molar-refractivity contribution in [2.24, 2.45) is 0 Å². The Kier molecular flexibility index (Phi) is 7.39. The van der Waals surface area contributed by atoms with Gasteiger partial charge in [-0.05, 0) is 13.8 Å². The van der Waals surface area contributed by atoms with Crippen LogP contribution in [0.25, 0.3) is 0 Å². The molecule has 2 N–H and O–H groups in total. The smallest absolute Gasteiger partial charge is 0.109 e. The fourth-order valence-electron chi connectivity index (χ4n) is 0.836. The van der Waals surface area contributed by atoms with Crippen LogP contribution in [-0.2, 0) is 9.47 Å². The van der Waals surface area contributed by atoms with E-state index in [9.17, 15) is 5.11 Å². The molecule has 0 aromatic carbocycles. The first kappa shape index (κ1) is 11.8. The Hall–Kier alpha value is -0.160. The highest BCUT2D eigenvalue weighted by Gasteiger charge is 2.18. The van der Waals surface area contributed by atoms with Gasteiger partial charge in [0.1, 0.15) is 12.2 Å². The molecule has 4 nitrogen and oxygen atoms in total. The predicted octanol–water partition coefficient (Wildman–Crippen LogP) is -0.219. The van der Waals surface area contributed by atoms with Crippen LogP contribution in [0, 0.1) is 0 Å². The lowest BCUT2D eigenvalue weighted by Crippen LogP contribution is -2.36. The molecule has 0 aliphatic rings. The fraction of sp³-hybridized carbons (Fsp3) is 1.00. The third-order valence-electron chi connectivity index (χ3n) is 1.48. The maximum Gasteiger partial charge on any atom is 0.109 e. The molecule has 0 fully saturated rings. The van der Waals surface area contributed by atoms with Gasteiger partial charge in [-0.15, -0.1) is 0 Å². The van der Waals surface area contributed by atoms with Gasteiger partial charge in [-0.25, -0.2) is 0 Å². The van der Waals surface area contributed by atoms with E-state index in [0.29, 0.717) is 19.8 Å². The average Bonchev–Trinajstić information content (AvgIpc) is 2.11. The molecule has 2 unspecified atom stereocenters. The molecule has 0 aliphatic heterocycles. The highest BCUT2D eigenvalue weighted by atomic mass is 16.5. The topological polar surface area (TPSA) is 58.9 Å². The molecule has 74 valence electrons. The largest absolute Gasteiger partial charge is 0.394 e. The normalized spacial score (nSPS) is 16.0. The maximum absolute atomic E-state index is 9.22. The Bertz CT molecular complexity index is 97.1. The van der Waals surface area contributed by atoms with Gasteiger partial charge in [0.25, 0.3) is 0 Å². The van der Waals surface area contributed by atoms with Crippen molar-refractivity contribution in [3.8, 4) is 0 Å². The van der Waals surface area contributed by atoms with Gasteiger partial charge < -0.3 is 19.7 Å². The van der Waals surface area contributed by atoms with Crippen LogP contribution in [0.2, 0.25) is 0 Å². The van der Waals surface area contributed by atoms with Crippen molar-refractivity contribution in [3.63, 3.8) is 0 Å². The monoisotopic (exact) mass is 178 g/mol. The van der Waals surface area contributed by atoms with Crippen LogP contribution in [0.3, 0.4) is 0 Å². The lowest BCUT2D eigenvalue weighted by atomic mass is 10.2. The zero-order valence-electron chi connectivity index (χ0n) is 7.69. The summed E-state index contributed by atoms with van der Waals surface area (Å²) in [6.07, 6.45) is -1.27. The third kappa shape index (κ3) is 4.66. The minimum absolute atomic E-state index is 0.294. The van der Waals surface area contributed by atoms with E-state index in [1.165, 1.54) is 0 Å². The zero-order chi connectivity index (χ0) is 9.40. The van der Waals surface area contributed by atoms with Gasteiger partial charge in [0.05, 0.1) is 13.2 Å². The summed E-state index contributed by atoms with van der Waals surface area (Å²) in [5.41, 5.74) is 0. The van der Waals surface area contributed by atoms with Crippen molar-refractivity contribution in [1.29, 1.82) is 0 Å². The molecule has 4 heteroatoms. The maximum atomic E-state index is 9.22. The minimum Gasteiger partial charge on any atom is -0.394 e. The summed E-state index contributed by atoms with van der Waals surface area (Å²) >= 11 is 0. The second-order valence-electron chi connectivity index (χ2n) is 2.40. The van der Waals surface area contributed by atoms with Gasteiger partial charge in [0.15, 0.2) is 0 Å². The molecular formula is C8H18O4. The second kappa shape index (κ2) is 7.49. The van der Waals surface area contributed by atoms with E-state index in [1.807, 2.05) is 13.8 Å². The van der Waals surface area contributed by atoms with Gasteiger partial charge >= 0.3 is 0 Å². The molecule has 0 radical (unpaired) electrons. The van der Waals surface area contributed by atoms with E-state index in [2.05, 4.69) is 0 Å². The first-order valence-electron chi connectivity index (χ1n) is 4.24. The van der Waals surface area contributed by atoms with Crippen molar-refractivity contribution in [3.05, 3.63) is 0 Å². The Labute approximate surface area is 73.1 Å². The van der Waals surface area contributed by atoms with Gasteiger partial charge in [-0.1, -0.05) is 0 Å². The van der Waals surface area contributed by atoms with Crippen molar-refractivity contribution in [1.82, 2.24) is 0 Å². The SMILES string of the molecule is CCOCC(OCC)C(O)CO. The van der Waals surface area contributed by atoms with E-state index in [0.717, 1.165) is 0 Å². The number of aliphatic hydroxyl groups is 2. The summed E-state index contributed by atoms with van der Waals surface area (Å²) in [7, 11) is 0. The molecule has 0 aromatic rings. The van der Waals surface area contributed by atoms with Gasteiger partial charge in [0, 0.05) is 13.2 Å². The molecule has 0 amide bonds. The van der Waals surface area contributed by atoms with Crippen molar-refractivity contribution < 1.29 is 19.7 Å². The van der Waals surface area contributed by atoms with E-state index < -0.39 is 12.2 Å². The van der Waals surface area contributed by atoms with Crippen LogP contribution in [0.4, 0.5) is 0 Å². The van der Waals surface area contributed by atoms with Crippen LogP contribution in [0.15, 0.2) is 0 Å². The lowest BCUT2D eigenvalue weighted by molar-refractivity contribution is -0.0885. The molecular weight excluding hydrogens is 160 g/mol. The molecule has 0 rings (SSSR count). The van der Waals surface area contributed by atoms with E-state index in [-0.39, 0.29) is 6.61 Å². The quantitative estimate of drug-likeness (QED) is 0.566. The van der Waals surface area contributed by atoms with Crippen molar-refractivity contribution in [2.45, 2.75) is 26.1 Å². The number of hydrogen-bond acceptors (Lipinski definition) is 4. The van der Waals surface area contributed by atoms with Gasteiger partial charge in [-0.2, -0.15) is 0 Å². The molecule has 0 aromatic heterocycles. The van der Waals surface area contributed by atoms with Crippen LogP contribution in [0.1, 0.15) is 13.8 Å². The summed E-state index contributed by atoms with van der Waals surface area (Å²) in [5, 5.41) is 17.9. The number of aliphatic hydroxyl groups excluding tert-OH is 2. The number of hydrogen-bond donors (Lipinski definition) is 2. The summed E-state index contributed by atoms with van der Waals surface area (Å²) in [6.45, 7) is 4.83. The zero-order valence-corrected chi connectivity index (χ0v) is 7.69. The van der Waals surface area contributed by atoms with Gasteiger partial charge in [-0.3, -0.25) is 0 Å². The van der Waals surface area contributed by atoms with Crippen LogP contribution >= 0.6 is 0 Å².